The molecular formula is C14H27N3O2. The van der Waals surface area contributed by atoms with Crippen LogP contribution < -0.4 is 11.1 Å². The van der Waals surface area contributed by atoms with E-state index in [1.807, 2.05) is 13.8 Å². The van der Waals surface area contributed by atoms with Crippen molar-refractivity contribution < 1.29 is 9.94 Å². The summed E-state index contributed by atoms with van der Waals surface area (Å²) in [5.41, 5.74) is 5.46. The van der Waals surface area contributed by atoms with Crippen molar-refractivity contribution in [1.82, 2.24) is 5.32 Å². The van der Waals surface area contributed by atoms with Gasteiger partial charge in [-0.25, -0.2) is 0 Å². The summed E-state index contributed by atoms with van der Waals surface area (Å²) in [5, 5.41) is 15.4. The van der Waals surface area contributed by atoms with E-state index in [1.54, 1.807) is 0 Å². The fourth-order valence-electron chi connectivity index (χ4n) is 3.10. The van der Waals surface area contributed by atoms with E-state index >= 15 is 0 Å². The largest absolute Gasteiger partial charge is 0.409 e. The normalized spacial score (nSPS) is 31.1. The number of nitrogens with zero attached hydrogens (tertiary/aromatic N) is 1. The number of rotatable bonds is 7. The summed E-state index contributed by atoms with van der Waals surface area (Å²) in [5.74, 6) is 0.321. The zero-order valence-corrected chi connectivity index (χ0v) is 12.1. The van der Waals surface area contributed by atoms with Crippen LogP contribution in [-0.2, 0) is 4.74 Å². The molecule has 4 N–H and O–H groups in total. The highest BCUT2D eigenvalue weighted by molar-refractivity contribution is 5.85. The number of amidine groups is 1. The van der Waals surface area contributed by atoms with Gasteiger partial charge in [-0.15, -0.1) is 0 Å². The summed E-state index contributed by atoms with van der Waals surface area (Å²) >= 11 is 0. The molecule has 2 fully saturated rings. The fourth-order valence-corrected chi connectivity index (χ4v) is 3.10. The third-order valence-electron chi connectivity index (χ3n) is 4.54. The molecule has 0 radical (unpaired) electrons. The number of fused-ring (bicyclic) bond motifs is 2. The van der Waals surface area contributed by atoms with E-state index in [9.17, 15) is 0 Å². The van der Waals surface area contributed by atoms with E-state index in [-0.39, 0.29) is 5.41 Å². The minimum atomic E-state index is -0.218. The third kappa shape index (κ3) is 3.60. The van der Waals surface area contributed by atoms with E-state index in [0.717, 1.165) is 25.8 Å². The molecule has 2 saturated heterocycles. The van der Waals surface area contributed by atoms with Crippen molar-refractivity contribution in [2.75, 3.05) is 6.54 Å². The van der Waals surface area contributed by atoms with Gasteiger partial charge in [-0.2, -0.15) is 0 Å². The summed E-state index contributed by atoms with van der Waals surface area (Å²) in [6.07, 6.45) is 7.77. The van der Waals surface area contributed by atoms with E-state index in [0.29, 0.717) is 24.1 Å². The minimum Gasteiger partial charge on any atom is -0.409 e. The van der Waals surface area contributed by atoms with Crippen LogP contribution in [0, 0.1) is 5.41 Å². The van der Waals surface area contributed by atoms with Crippen molar-refractivity contribution in [1.29, 1.82) is 0 Å². The van der Waals surface area contributed by atoms with Crippen LogP contribution in [-0.4, -0.2) is 35.8 Å². The second-order valence-corrected chi connectivity index (χ2v) is 6.50. The van der Waals surface area contributed by atoms with Gasteiger partial charge >= 0.3 is 0 Å². The fraction of sp³-hybridized carbons (Fsp3) is 0.929. The zero-order valence-electron chi connectivity index (χ0n) is 12.1. The van der Waals surface area contributed by atoms with Gasteiger partial charge in [0.25, 0.3) is 0 Å². The van der Waals surface area contributed by atoms with Crippen molar-refractivity contribution in [3.05, 3.63) is 0 Å². The lowest BCUT2D eigenvalue weighted by Gasteiger charge is -2.23. The van der Waals surface area contributed by atoms with E-state index < -0.39 is 0 Å². The average Bonchev–Trinajstić information content (AvgIpc) is 2.99. The van der Waals surface area contributed by atoms with Gasteiger partial charge in [-0.05, 0) is 38.6 Å². The number of oxime groups is 1. The summed E-state index contributed by atoms with van der Waals surface area (Å²) in [6.45, 7) is 5.06. The maximum Gasteiger partial charge on any atom is 0.144 e. The topological polar surface area (TPSA) is 79.9 Å². The van der Waals surface area contributed by atoms with Crippen molar-refractivity contribution in [3.8, 4) is 0 Å². The molecule has 0 aliphatic carbocycles. The molecule has 2 heterocycles. The van der Waals surface area contributed by atoms with Crippen molar-refractivity contribution in [2.24, 2.45) is 16.3 Å². The van der Waals surface area contributed by atoms with Gasteiger partial charge in [-0.3, -0.25) is 0 Å². The second kappa shape index (κ2) is 6.09. The maximum atomic E-state index is 8.71. The molecule has 2 aliphatic rings. The maximum absolute atomic E-state index is 8.71. The Hall–Kier alpha value is -0.810. The Morgan fingerprint density at radius 2 is 2.21 bits per heavy atom. The Morgan fingerprint density at radius 1 is 1.42 bits per heavy atom. The highest BCUT2D eigenvalue weighted by Gasteiger charge is 2.40. The number of hydrogen-bond donors (Lipinski definition) is 3. The quantitative estimate of drug-likeness (QED) is 0.217. The van der Waals surface area contributed by atoms with Crippen LogP contribution in [0.1, 0.15) is 52.4 Å². The first kappa shape index (κ1) is 14.6. The lowest BCUT2D eigenvalue weighted by molar-refractivity contribution is 0.0974. The van der Waals surface area contributed by atoms with Gasteiger partial charge in [0.2, 0.25) is 0 Å². The predicted octanol–water partition coefficient (Wildman–Crippen LogP) is 1.84. The number of unbranched alkanes of at least 4 members (excludes halogenated alkanes) is 1. The molecule has 0 spiro atoms. The van der Waals surface area contributed by atoms with Crippen LogP contribution in [0.3, 0.4) is 0 Å². The van der Waals surface area contributed by atoms with Gasteiger partial charge in [0.15, 0.2) is 0 Å². The lowest BCUT2D eigenvalue weighted by atomic mass is 9.86. The number of hydrogen-bond acceptors (Lipinski definition) is 4. The molecule has 5 nitrogen and oxygen atoms in total. The first-order valence-electron chi connectivity index (χ1n) is 7.40. The van der Waals surface area contributed by atoms with Crippen molar-refractivity contribution >= 4 is 5.84 Å². The van der Waals surface area contributed by atoms with Crippen molar-refractivity contribution in [2.45, 2.75) is 70.6 Å². The molecule has 0 aromatic rings. The minimum absolute atomic E-state index is 0.218. The monoisotopic (exact) mass is 269 g/mol. The molecule has 3 atom stereocenters. The average molecular weight is 269 g/mol. The standard InChI is InChI=1S/C14H27N3O2/c1-14(2,13(15)17-18)7-3-4-8-16-11-9-10-5-6-12(11)19-10/h10-12,16,18H,3-9H2,1-2H3,(H2,15,17). The van der Waals surface area contributed by atoms with Gasteiger partial charge < -0.3 is 21.0 Å². The third-order valence-corrected chi connectivity index (χ3v) is 4.54. The molecule has 0 saturated carbocycles. The zero-order chi connectivity index (χ0) is 13.9. The molecule has 2 aliphatic heterocycles. The number of ether oxygens (including phenoxy) is 1. The van der Waals surface area contributed by atoms with Gasteiger partial charge in [0.05, 0.1) is 12.2 Å². The van der Waals surface area contributed by atoms with Crippen LogP contribution in [0.2, 0.25) is 0 Å². The van der Waals surface area contributed by atoms with Gasteiger partial charge in [0, 0.05) is 11.5 Å². The summed E-state index contributed by atoms with van der Waals surface area (Å²) in [4.78, 5) is 0. The van der Waals surface area contributed by atoms with E-state index in [4.69, 9.17) is 15.7 Å². The summed E-state index contributed by atoms with van der Waals surface area (Å²) < 4.78 is 5.82. The van der Waals surface area contributed by atoms with Crippen LogP contribution in [0.4, 0.5) is 0 Å². The van der Waals surface area contributed by atoms with Crippen LogP contribution in [0.15, 0.2) is 5.16 Å². The highest BCUT2D eigenvalue weighted by atomic mass is 16.5. The molecule has 19 heavy (non-hydrogen) atoms. The number of nitrogens with two attached hydrogens (primary N) is 1. The molecule has 5 heteroatoms. The molecule has 0 aromatic heterocycles. The van der Waals surface area contributed by atoms with Crippen LogP contribution in [0.25, 0.3) is 0 Å². The van der Waals surface area contributed by atoms with E-state index in [1.165, 1.54) is 19.3 Å². The molecule has 2 bridgehead atoms. The Morgan fingerprint density at radius 3 is 2.79 bits per heavy atom. The smallest absolute Gasteiger partial charge is 0.144 e. The Labute approximate surface area is 115 Å². The predicted molar refractivity (Wildman–Crippen MR) is 75.3 cm³/mol. The summed E-state index contributed by atoms with van der Waals surface area (Å²) in [6, 6.07) is 0.566. The Kier molecular flexibility index (Phi) is 4.68. The highest BCUT2D eigenvalue weighted by Crippen LogP contribution is 2.34. The van der Waals surface area contributed by atoms with Gasteiger partial charge in [0.1, 0.15) is 5.84 Å². The molecule has 110 valence electrons. The molecule has 0 aromatic carbocycles. The van der Waals surface area contributed by atoms with E-state index in [2.05, 4.69) is 10.5 Å². The van der Waals surface area contributed by atoms with Crippen LogP contribution in [0.5, 0.6) is 0 Å². The number of nitrogens with one attached hydrogen (secondary N) is 1. The Bertz CT molecular complexity index is 331. The van der Waals surface area contributed by atoms with Crippen LogP contribution >= 0.6 is 0 Å². The SMILES string of the molecule is CC(C)(CCCCNC1CC2CCC1O2)C(N)=NO. The first-order valence-corrected chi connectivity index (χ1v) is 7.40. The second-order valence-electron chi connectivity index (χ2n) is 6.50. The molecule has 0 amide bonds. The molecular weight excluding hydrogens is 242 g/mol. The lowest BCUT2D eigenvalue weighted by Crippen LogP contribution is -2.38. The Balaban J connectivity index is 1.58. The van der Waals surface area contributed by atoms with Crippen molar-refractivity contribution in [3.63, 3.8) is 0 Å². The molecule has 2 rings (SSSR count). The van der Waals surface area contributed by atoms with Gasteiger partial charge in [-0.1, -0.05) is 25.4 Å². The molecule has 3 unspecified atom stereocenters. The summed E-state index contributed by atoms with van der Waals surface area (Å²) in [7, 11) is 0. The first-order chi connectivity index (χ1) is 9.03.